The van der Waals surface area contributed by atoms with E-state index >= 15 is 0 Å². The lowest BCUT2D eigenvalue weighted by molar-refractivity contribution is 0.685. The molecule has 2 N–H and O–H groups in total. The molecule has 0 spiro atoms. The fourth-order valence-corrected chi connectivity index (χ4v) is 1.61. The molecule has 17 heavy (non-hydrogen) atoms. The molecule has 2 aromatic rings. The number of hydrogen-bond acceptors (Lipinski definition) is 2. The molecule has 1 heterocycles. The summed E-state index contributed by atoms with van der Waals surface area (Å²) in [5.74, 6) is 1.41. The first-order chi connectivity index (χ1) is 8.15. The van der Waals surface area contributed by atoms with Gasteiger partial charge in [0.25, 0.3) is 0 Å². The Morgan fingerprint density at radius 3 is 2.65 bits per heavy atom. The number of rotatable bonds is 4. The van der Waals surface area contributed by atoms with E-state index in [1.54, 1.807) is 0 Å². The van der Waals surface area contributed by atoms with Crippen molar-refractivity contribution in [2.24, 2.45) is 5.92 Å². The minimum atomic E-state index is 0.596. The lowest BCUT2D eigenvalue weighted by Gasteiger charge is -2.05. The third kappa shape index (κ3) is 3.24. The zero-order valence-electron chi connectivity index (χ0n) is 10.00. The van der Waals surface area contributed by atoms with Crippen molar-refractivity contribution < 1.29 is 0 Å². The van der Waals surface area contributed by atoms with E-state index < -0.39 is 0 Å². The summed E-state index contributed by atoms with van der Waals surface area (Å²) in [5, 5.41) is 3.99. The average molecular weight is 250 g/mol. The lowest BCUT2D eigenvalue weighted by atomic mass is 10.2. The average Bonchev–Trinajstić information content (AvgIpc) is 2.76. The summed E-state index contributed by atoms with van der Waals surface area (Å²) in [6.45, 7) is 5.24. The monoisotopic (exact) mass is 249 g/mol. The standard InChI is InChI=1S/C13H16ClN3/c1-9(2)7-15-13-16-8-12(17-13)10-3-5-11(14)6-4-10/h3-6,8-9H,7H2,1-2H3,(H2,15,16,17). The zero-order chi connectivity index (χ0) is 12.3. The third-order valence-corrected chi connectivity index (χ3v) is 2.66. The van der Waals surface area contributed by atoms with Crippen molar-refractivity contribution in [1.82, 2.24) is 9.97 Å². The Morgan fingerprint density at radius 1 is 1.29 bits per heavy atom. The van der Waals surface area contributed by atoms with Gasteiger partial charge in [-0.1, -0.05) is 37.6 Å². The van der Waals surface area contributed by atoms with Gasteiger partial charge in [-0.2, -0.15) is 0 Å². The van der Waals surface area contributed by atoms with Gasteiger partial charge in [-0.3, -0.25) is 0 Å². The van der Waals surface area contributed by atoms with Crippen LogP contribution in [0.3, 0.4) is 0 Å². The summed E-state index contributed by atoms with van der Waals surface area (Å²) in [4.78, 5) is 7.53. The number of imidazole rings is 1. The van der Waals surface area contributed by atoms with E-state index in [1.807, 2.05) is 30.5 Å². The minimum Gasteiger partial charge on any atom is -0.356 e. The van der Waals surface area contributed by atoms with Gasteiger partial charge >= 0.3 is 0 Å². The Labute approximate surface area is 106 Å². The number of H-pyrrole nitrogens is 1. The molecule has 0 atom stereocenters. The molecule has 0 saturated heterocycles. The molecule has 3 nitrogen and oxygen atoms in total. The highest BCUT2D eigenvalue weighted by Crippen LogP contribution is 2.20. The first kappa shape index (κ1) is 12.0. The molecule has 0 radical (unpaired) electrons. The molecular weight excluding hydrogens is 234 g/mol. The summed E-state index contributed by atoms with van der Waals surface area (Å²) < 4.78 is 0. The molecule has 4 heteroatoms. The molecule has 0 aliphatic heterocycles. The van der Waals surface area contributed by atoms with Gasteiger partial charge in [-0.05, 0) is 23.6 Å². The van der Waals surface area contributed by atoms with Gasteiger partial charge in [0.15, 0.2) is 0 Å². The lowest BCUT2D eigenvalue weighted by Crippen LogP contribution is -2.08. The van der Waals surface area contributed by atoms with E-state index in [4.69, 9.17) is 11.6 Å². The van der Waals surface area contributed by atoms with Crippen LogP contribution in [0.25, 0.3) is 11.3 Å². The number of nitrogens with zero attached hydrogens (tertiary/aromatic N) is 1. The Morgan fingerprint density at radius 2 is 2.00 bits per heavy atom. The van der Waals surface area contributed by atoms with Crippen LogP contribution < -0.4 is 5.32 Å². The van der Waals surface area contributed by atoms with Crippen molar-refractivity contribution in [2.45, 2.75) is 13.8 Å². The van der Waals surface area contributed by atoms with Crippen molar-refractivity contribution in [3.63, 3.8) is 0 Å². The topological polar surface area (TPSA) is 40.7 Å². The highest BCUT2D eigenvalue weighted by atomic mass is 35.5. The van der Waals surface area contributed by atoms with Gasteiger partial charge in [-0.25, -0.2) is 4.98 Å². The van der Waals surface area contributed by atoms with Gasteiger partial charge in [0, 0.05) is 11.6 Å². The van der Waals surface area contributed by atoms with Crippen LogP contribution in [0.15, 0.2) is 30.5 Å². The fourth-order valence-electron chi connectivity index (χ4n) is 1.49. The summed E-state index contributed by atoms with van der Waals surface area (Å²) in [7, 11) is 0. The molecule has 1 aromatic heterocycles. The van der Waals surface area contributed by atoms with Gasteiger partial charge < -0.3 is 10.3 Å². The fraction of sp³-hybridized carbons (Fsp3) is 0.308. The van der Waals surface area contributed by atoms with Crippen molar-refractivity contribution >= 4 is 17.5 Å². The Balaban J connectivity index is 2.10. The molecule has 90 valence electrons. The number of benzene rings is 1. The number of aromatic nitrogens is 2. The largest absolute Gasteiger partial charge is 0.356 e. The highest BCUT2D eigenvalue weighted by Gasteiger charge is 2.03. The van der Waals surface area contributed by atoms with Crippen LogP contribution >= 0.6 is 11.6 Å². The quantitative estimate of drug-likeness (QED) is 0.865. The third-order valence-electron chi connectivity index (χ3n) is 2.41. The van der Waals surface area contributed by atoms with Crippen molar-refractivity contribution in [2.75, 3.05) is 11.9 Å². The number of anilines is 1. The second-order valence-corrected chi connectivity index (χ2v) is 4.86. The molecular formula is C13H16ClN3. The van der Waals surface area contributed by atoms with E-state index in [1.165, 1.54) is 0 Å². The van der Waals surface area contributed by atoms with E-state index in [0.29, 0.717) is 5.92 Å². The molecule has 0 amide bonds. The molecule has 0 saturated carbocycles. The van der Waals surface area contributed by atoms with E-state index in [2.05, 4.69) is 29.1 Å². The second-order valence-electron chi connectivity index (χ2n) is 4.43. The van der Waals surface area contributed by atoms with Crippen LogP contribution in [0.2, 0.25) is 5.02 Å². The maximum absolute atomic E-state index is 5.85. The summed E-state index contributed by atoms with van der Waals surface area (Å²) in [6.07, 6.45) is 1.83. The normalized spacial score (nSPS) is 10.8. The van der Waals surface area contributed by atoms with Gasteiger partial charge in [-0.15, -0.1) is 0 Å². The zero-order valence-corrected chi connectivity index (χ0v) is 10.8. The second kappa shape index (κ2) is 5.23. The van der Waals surface area contributed by atoms with Crippen LogP contribution in [0.4, 0.5) is 5.95 Å². The molecule has 0 aliphatic carbocycles. The molecule has 0 bridgehead atoms. The Kier molecular flexibility index (Phi) is 3.69. The van der Waals surface area contributed by atoms with Crippen LogP contribution in [-0.4, -0.2) is 16.5 Å². The number of hydrogen-bond donors (Lipinski definition) is 2. The predicted octanol–water partition coefficient (Wildman–Crippen LogP) is 3.80. The summed E-state index contributed by atoms with van der Waals surface area (Å²) in [6, 6.07) is 7.70. The van der Waals surface area contributed by atoms with Crippen molar-refractivity contribution in [3.8, 4) is 11.3 Å². The maximum atomic E-state index is 5.85. The summed E-state index contributed by atoms with van der Waals surface area (Å²) >= 11 is 5.85. The molecule has 2 rings (SSSR count). The first-order valence-corrected chi connectivity index (χ1v) is 6.08. The van der Waals surface area contributed by atoms with Gasteiger partial charge in [0.1, 0.15) is 0 Å². The van der Waals surface area contributed by atoms with E-state index in [0.717, 1.165) is 28.8 Å². The number of aromatic amines is 1. The van der Waals surface area contributed by atoms with E-state index in [-0.39, 0.29) is 0 Å². The van der Waals surface area contributed by atoms with Gasteiger partial charge in [0.2, 0.25) is 5.95 Å². The van der Waals surface area contributed by atoms with Gasteiger partial charge in [0.05, 0.1) is 11.9 Å². The van der Waals surface area contributed by atoms with Crippen molar-refractivity contribution in [3.05, 3.63) is 35.5 Å². The van der Waals surface area contributed by atoms with Crippen LogP contribution in [-0.2, 0) is 0 Å². The highest BCUT2D eigenvalue weighted by molar-refractivity contribution is 6.30. The maximum Gasteiger partial charge on any atom is 0.200 e. The van der Waals surface area contributed by atoms with E-state index in [9.17, 15) is 0 Å². The molecule has 1 aromatic carbocycles. The molecule has 0 fully saturated rings. The number of halogens is 1. The van der Waals surface area contributed by atoms with Crippen LogP contribution in [0.5, 0.6) is 0 Å². The summed E-state index contributed by atoms with van der Waals surface area (Å²) in [5.41, 5.74) is 2.08. The SMILES string of the molecule is CC(C)CNc1ncc(-c2ccc(Cl)cc2)[nH]1. The smallest absolute Gasteiger partial charge is 0.200 e. The first-order valence-electron chi connectivity index (χ1n) is 5.70. The van der Waals surface area contributed by atoms with Crippen LogP contribution in [0.1, 0.15) is 13.8 Å². The molecule has 0 aliphatic rings. The Bertz CT molecular complexity index is 474. The Hall–Kier alpha value is -1.48. The number of nitrogens with one attached hydrogen (secondary N) is 2. The molecule has 0 unspecified atom stereocenters. The minimum absolute atomic E-state index is 0.596. The van der Waals surface area contributed by atoms with Crippen molar-refractivity contribution in [1.29, 1.82) is 0 Å². The van der Waals surface area contributed by atoms with Crippen LogP contribution in [0, 0.1) is 5.92 Å². The predicted molar refractivity (Wildman–Crippen MR) is 72.4 cm³/mol.